The van der Waals surface area contributed by atoms with E-state index in [1.165, 1.54) is 12.3 Å². The summed E-state index contributed by atoms with van der Waals surface area (Å²) < 4.78 is 1.68. The molecule has 1 N–H and O–H groups in total. The maximum atomic E-state index is 12.2. The number of nitrogens with one attached hydrogen (secondary N) is 1. The van der Waals surface area contributed by atoms with Crippen molar-refractivity contribution >= 4 is 23.2 Å². The van der Waals surface area contributed by atoms with Crippen molar-refractivity contribution in [3.05, 3.63) is 71.8 Å². The first-order chi connectivity index (χ1) is 10.2. The maximum absolute atomic E-state index is 12.2. The Kier molecular flexibility index (Phi) is 3.66. The molecule has 5 nitrogen and oxygen atoms in total. The van der Waals surface area contributed by atoms with E-state index in [4.69, 9.17) is 11.6 Å². The third kappa shape index (κ3) is 2.93. The van der Waals surface area contributed by atoms with Crippen molar-refractivity contribution in [3.63, 3.8) is 0 Å². The number of benzene rings is 1. The number of anilines is 1. The first kappa shape index (κ1) is 13.3. The SMILES string of the molecule is O=C(Nc1ccccc1-n1cccn1)c1cc(Cl)ccn1. The molecular weight excluding hydrogens is 288 g/mol. The molecule has 0 unspecified atom stereocenters. The van der Waals surface area contributed by atoms with E-state index in [-0.39, 0.29) is 11.6 Å². The van der Waals surface area contributed by atoms with Gasteiger partial charge in [0, 0.05) is 23.6 Å². The molecule has 1 amide bonds. The van der Waals surface area contributed by atoms with Gasteiger partial charge in [0.25, 0.3) is 5.91 Å². The van der Waals surface area contributed by atoms with Gasteiger partial charge in [0.15, 0.2) is 0 Å². The number of rotatable bonds is 3. The summed E-state index contributed by atoms with van der Waals surface area (Å²) >= 11 is 5.87. The number of hydrogen-bond donors (Lipinski definition) is 1. The summed E-state index contributed by atoms with van der Waals surface area (Å²) in [6, 6.07) is 12.4. The lowest BCUT2D eigenvalue weighted by Crippen LogP contribution is -2.15. The summed E-state index contributed by atoms with van der Waals surface area (Å²) in [7, 11) is 0. The van der Waals surface area contributed by atoms with E-state index in [1.807, 2.05) is 30.5 Å². The van der Waals surface area contributed by atoms with E-state index in [9.17, 15) is 4.79 Å². The average molecular weight is 299 g/mol. The van der Waals surface area contributed by atoms with E-state index < -0.39 is 0 Å². The quantitative estimate of drug-likeness (QED) is 0.808. The molecule has 0 saturated heterocycles. The number of para-hydroxylation sites is 2. The zero-order chi connectivity index (χ0) is 14.7. The smallest absolute Gasteiger partial charge is 0.274 e. The van der Waals surface area contributed by atoms with E-state index in [0.29, 0.717) is 10.7 Å². The Labute approximate surface area is 126 Å². The highest BCUT2D eigenvalue weighted by Crippen LogP contribution is 2.20. The van der Waals surface area contributed by atoms with Gasteiger partial charge >= 0.3 is 0 Å². The molecule has 0 aliphatic carbocycles. The molecule has 0 radical (unpaired) electrons. The molecular formula is C15H11ClN4O. The predicted octanol–water partition coefficient (Wildman–Crippen LogP) is 3.17. The number of amides is 1. The summed E-state index contributed by atoms with van der Waals surface area (Å²) in [5, 5.41) is 7.46. The average Bonchev–Trinajstić information content (AvgIpc) is 3.02. The van der Waals surface area contributed by atoms with Crippen LogP contribution in [0.4, 0.5) is 5.69 Å². The van der Waals surface area contributed by atoms with Crippen molar-refractivity contribution in [1.29, 1.82) is 0 Å². The van der Waals surface area contributed by atoms with Crippen LogP contribution in [0, 0.1) is 0 Å². The minimum Gasteiger partial charge on any atom is -0.319 e. The molecule has 0 fully saturated rings. The second-order valence-corrected chi connectivity index (χ2v) is 4.72. The molecule has 0 saturated carbocycles. The first-order valence-electron chi connectivity index (χ1n) is 6.26. The molecule has 6 heteroatoms. The Hall–Kier alpha value is -2.66. The fraction of sp³-hybridized carbons (Fsp3) is 0. The number of aromatic nitrogens is 3. The Morgan fingerprint density at radius 2 is 2.00 bits per heavy atom. The number of carbonyl (C=O) groups excluding carboxylic acids is 1. The van der Waals surface area contributed by atoms with Crippen LogP contribution >= 0.6 is 11.6 Å². The molecule has 2 heterocycles. The maximum Gasteiger partial charge on any atom is 0.274 e. The number of pyridine rings is 1. The Balaban J connectivity index is 1.90. The second kappa shape index (κ2) is 5.76. The molecule has 3 rings (SSSR count). The van der Waals surface area contributed by atoms with Crippen molar-refractivity contribution in [2.45, 2.75) is 0 Å². The van der Waals surface area contributed by atoms with Gasteiger partial charge in [0.1, 0.15) is 5.69 Å². The summed E-state index contributed by atoms with van der Waals surface area (Å²) in [5.41, 5.74) is 1.68. The molecule has 0 spiro atoms. The topological polar surface area (TPSA) is 59.8 Å². The largest absolute Gasteiger partial charge is 0.319 e. The van der Waals surface area contributed by atoms with Gasteiger partial charge in [-0.2, -0.15) is 5.10 Å². The van der Waals surface area contributed by atoms with Gasteiger partial charge in [-0.05, 0) is 30.3 Å². The third-order valence-corrected chi connectivity index (χ3v) is 3.09. The van der Waals surface area contributed by atoms with Crippen LogP contribution in [0.3, 0.4) is 0 Å². The first-order valence-corrected chi connectivity index (χ1v) is 6.64. The van der Waals surface area contributed by atoms with Crippen LogP contribution in [0.25, 0.3) is 5.69 Å². The lowest BCUT2D eigenvalue weighted by atomic mass is 10.2. The van der Waals surface area contributed by atoms with Gasteiger partial charge in [-0.1, -0.05) is 23.7 Å². The molecule has 0 aliphatic rings. The fourth-order valence-corrected chi connectivity index (χ4v) is 2.07. The summed E-state index contributed by atoms with van der Waals surface area (Å²) in [4.78, 5) is 16.2. The number of hydrogen-bond acceptors (Lipinski definition) is 3. The molecule has 21 heavy (non-hydrogen) atoms. The minimum atomic E-state index is -0.322. The van der Waals surface area contributed by atoms with Crippen molar-refractivity contribution < 1.29 is 4.79 Å². The molecule has 1 aromatic carbocycles. The van der Waals surface area contributed by atoms with Gasteiger partial charge in [0.05, 0.1) is 11.4 Å². The molecule has 0 aliphatic heterocycles. The lowest BCUT2D eigenvalue weighted by molar-refractivity contribution is 0.102. The predicted molar refractivity (Wildman–Crippen MR) is 80.8 cm³/mol. The van der Waals surface area contributed by atoms with Crippen LogP contribution < -0.4 is 5.32 Å². The summed E-state index contributed by atoms with van der Waals surface area (Å²) in [5.74, 6) is -0.322. The van der Waals surface area contributed by atoms with E-state index in [2.05, 4.69) is 15.4 Å². The van der Waals surface area contributed by atoms with Crippen LogP contribution in [0.5, 0.6) is 0 Å². The van der Waals surface area contributed by atoms with Crippen LogP contribution in [0.1, 0.15) is 10.5 Å². The van der Waals surface area contributed by atoms with E-state index in [0.717, 1.165) is 5.69 Å². The van der Waals surface area contributed by atoms with E-state index in [1.54, 1.807) is 23.0 Å². The molecule has 0 bridgehead atoms. The zero-order valence-corrected chi connectivity index (χ0v) is 11.7. The van der Waals surface area contributed by atoms with Crippen molar-refractivity contribution in [3.8, 4) is 5.69 Å². The van der Waals surface area contributed by atoms with Gasteiger partial charge in [-0.15, -0.1) is 0 Å². The van der Waals surface area contributed by atoms with Gasteiger partial charge in [-0.3, -0.25) is 9.78 Å². The van der Waals surface area contributed by atoms with Gasteiger partial charge in [0.2, 0.25) is 0 Å². The van der Waals surface area contributed by atoms with Gasteiger partial charge < -0.3 is 5.32 Å². The number of carbonyl (C=O) groups is 1. The van der Waals surface area contributed by atoms with E-state index >= 15 is 0 Å². The highest BCUT2D eigenvalue weighted by molar-refractivity contribution is 6.31. The Morgan fingerprint density at radius 3 is 2.76 bits per heavy atom. The van der Waals surface area contributed by atoms with Crippen molar-refractivity contribution in [2.75, 3.05) is 5.32 Å². The zero-order valence-electron chi connectivity index (χ0n) is 10.9. The standard InChI is InChI=1S/C15H11ClN4O/c16-11-6-8-17-13(10-11)15(21)19-12-4-1-2-5-14(12)20-9-3-7-18-20/h1-10H,(H,19,21). The Bertz CT molecular complexity index is 771. The van der Waals surface area contributed by atoms with Gasteiger partial charge in [-0.25, -0.2) is 4.68 Å². The highest BCUT2D eigenvalue weighted by Gasteiger charge is 2.11. The molecule has 104 valence electrons. The highest BCUT2D eigenvalue weighted by atomic mass is 35.5. The summed E-state index contributed by atoms with van der Waals surface area (Å²) in [6.07, 6.45) is 4.98. The fourth-order valence-electron chi connectivity index (χ4n) is 1.91. The number of halogens is 1. The summed E-state index contributed by atoms with van der Waals surface area (Å²) in [6.45, 7) is 0. The van der Waals surface area contributed by atoms with Crippen LogP contribution in [-0.4, -0.2) is 20.7 Å². The van der Waals surface area contributed by atoms with Crippen molar-refractivity contribution in [1.82, 2.24) is 14.8 Å². The van der Waals surface area contributed by atoms with Crippen LogP contribution in [0.15, 0.2) is 61.1 Å². The third-order valence-electron chi connectivity index (χ3n) is 2.86. The normalized spacial score (nSPS) is 10.3. The molecule has 2 aromatic heterocycles. The number of nitrogens with zero attached hydrogens (tertiary/aromatic N) is 3. The van der Waals surface area contributed by atoms with Crippen LogP contribution in [-0.2, 0) is 0 Å². The van der Waals surface area contributed by atoms with Crippen molar-refractivity contribution in [2.24, 2.45) is 0 Å². The minimum absolute atomic E-state index is 0.262. The second-order valence-electron chi connectivity index (χ2n) is 4.28. The Morgan fingerprint density at radius 1 is 1.14 bits per heavy atom. The monoisotopic (exact) mass is 298 g/mol. The molecule has 0 atom stereocenters. The lowest BCUT2D eigenvalue weighted by Gasteiger charge is -2.10. The molecule has 3 aromatic rings. The van der Waals surface area contributed by atoms with Crippen LogP contribution in [0.2, 0.25) is 5.02 Å².